The lowest BCUT2D eigenvalue weighted by molar-refractivity contribution is -0.147. The van der Waals surface area contributed by atoms with Crippen molar-refractivity contribution >= 4 is 35.9 Å². The summed E-state index contributed by atoms with van der Waals surface area (Å²) in [6, 6.07) is 8.52. The molecule has 0 bridgehead atoms. The van der Waals surface area contributed by atoms with Gasteiger partial charge in [0.2, 0.25) is 11.8 Å². The lowest BCUT2D eigenvalue weighted by Crippen LogP contribution is -2.54. The standard InChI is InChI=1S/C36H47N9O13/c1-23-16-43(32(52)38-30(23)50)19-27(47)41(13-12-37-34(54)58-36(3,4)5)18-26(46)40-45(35(55)57-22-25-10-8-7-9-11-25)15-14-42(21-29(49)56-6)28(48)20-44-17-24(2)31(51)39-33(44)53/h7-11,16-17H,12-15,18-22H2,1-6H3,(H,37,54)(H,40,46)(H,38,50,52)(H,39,51,53). The molecule has 0 aliphatic heterocycles. The van der Waals surface area contributed by atoms with Crippen LogP contribution in [-0.2, 0) is 53.1 Å². The largest absolute Gasteiger partial charge is 0.468 e. The molecule has 0 aliphatic rings. The van der Waals surface area contributed by atoms with Crippen molar-refractivity contribution in [2.24, 2.45) is 0 Å². The van der Waals surface area contributed by atoms with E-state index in [1.165, 1.54) is 13.8 Å². The Morgan fingerprint density at radius 3 is 1.81 bits per heavy atom. The van der Waals surface area contributed by atoms with E-state index in [1.54, 1.807) is 51.1 Å². The van der Waals surface area contributed by atoms with E-state index < -0.39 is 103 Å². The second-order valence-electron chi connectivity index (χ2n) is 13.8. The third-order valence-electron chi connectivity index (χ3n) is 7.91. The second-order valence-corrected chi connectivity index (χ2v) is 13.8. The number of aryl methyl sites for hydroxylation is 2. The first-order valence-corrected chi connectivity index (χ1v) is 17.7. The summed E-state index contributed by atoms with van der Waals surface area (Å²) in [4.78, 5) is 133. The Kier molecular flexibility index (Phi) is 16.3. The Morgan fingerprint density at radius 1 is 0.759 bits per heavy atom. The number of rotatable bonds is 16. The number of methoxy groups -OCH3 is 1. The molecule has 3 rings (SSSR count). The zero-order valence-electron chi connectivity index (χ0n) is 32.9. The molecule has 2 heterocycles. The predicted octanol–water partition coefficient (Wildman–Crippen LogP) is -1.27. The number of benzene rings is 1. The van der Waals surface area contributed by atoms with E-state index in [2.05, 4.69) is 20.7 Å². The minimum Gasteiger partial charge on any atom is -0.468 e. The van der Waals surface area contributed by atoms with E-state index in [9.17, 15) is 47.9 Å². The summed E-state index contributed by atoms with van der Waals surface area (Å²) >= 11 is 0. The summed E-state index contributed by atoms with van der Waals surface area (Å²) in [6.07, 6.45) is 0.412. The zero-order valence-corrected chi connectivity index (χ0v) is 32.9. The lowest BCUT2D eigenvalue weighted by Gasteiger charge is -2.29. The van der Waals surface area contributed by atoms with Crippen molar-refractivity contribution in [2.75, 3.05) is 46.4 Å². The Morgan fingerprint density at radius 2 is 1.29 bits per heavy atom. The Hall–Kier alpha value is -7.00. The highest BCUT2D eigenvalue weighted by Gasteiger charge is 2.26. The van der Waals surface area contributed by atoms with Gasteiger partial charge in [-0.05, 0) is 40.2 Å². The molecule has 0 unspecified atom stereocenters. The van der Waals surface area contributed by atoms with Gasteiger partial charge >= 0.3 is 29.5 Å². The average molecular weight is 814 g/mol. The molecule has 1 aromatic carbocycles. The molecule has 0 atom stereocenters. The van der Waals surface area contributed by atoms with Crippen LogP contribution in [0.25, 0.3) is 0 Å². The van der Waals surface area contributed by atoms with Crippen LogP contribution < -0.4 is 33.2 Å². The number of hydrazine groups is 1. The third-order valence-corrected chi connectivity index (χ3v) is 7.91. The molecule has 22 heteroatoms. The van der Waals surface area contributed by atoms with Gasteiger partial charge in [-0.25, -0.2) is 24.2 Å². The van der Waals surface area contributed by atoms with Gasteiger partial charge in [0.25, 0.3) is 17.0 Å². The highest BCUT2D eigenvalue weighted by Crippen LogP contribution is 2.07. The van der Waals surface area contributed by atoms with Crippen LogP contribution in [-0.4, -0.2) is 122 Å². The van der Waals surface area contributed by atoms with E-state index in [0.29, 0.717) is 10.6 Å². The summed E-state index contributed by atoms with van der Waals surface area (Å²) in [7, 11) is 1.08. The van der Waals surface area contributed by atoms with E-state index in [-0.39, 0.29) is 30.8 Å². The normalized spacial score (nSPS) is 10.9. The van der Waals surface area contributed by atoms with Gasteiger partial charge in [-0.15, -0.1) is 0 Å². The topological polar surface area (TPSA) is 274 Å². The van der Waals surface area contributed by atoms with Crippen LogP contribution >= 0.6 is 0 Å². The zero-order chi connectivity index (χ0) is 43.2. The minimum atomic E-state index is -1.10. The maximum atomic E-state index is 13.6. The van der Waals surface area contributed by atoms with Crippen molar-refractivity contribution in [1.29, 1.82) is 0 Å². The van der Waals surface area contributed by atoms with Crippen molar-refractivity contribution in [3.63, 3.8) is 0 Å². The number of carbonyl (C=O) groups excluding carboxylic acids is 6. The molecule has 2 aromatic heterocycles. The molecular weight excluding hydrogens is 766 g/mol. The molecule has 0 radical (unpaired) electrons. The number of amides is 5. The van der Waals surface area contributed by atoms with Crippen LogP contribution in [0.15, 0.2) is 61.9 Å². The van der Waals surface area contributed by atoms with Crippen LogP contribution in [0.5, 0.6) is 0 Å². The van der Waals surface area contributed by atoms with Crippen LogP contribution in [0.1, 0.15) is 37.5 Å². The molecule has 314 valence electrons. The highest BCUT2D eigenvalue weighted by molar-refractivity contribution is 5.86. The summed E-state index contributed by atoms with van der Waals surface area (Å²) in [5.74, 6) is -3.42. The van der Waals surface area contributed by atoms with Crippen molar-refractivity contribution in [3.05, 3.63) is 101 Å². The monoisotopic (exact) mass is 813 g/mol. The lowest BCUT2D eigenvalue weighted by atomic mass is 10.2. The number of ether oxygens (including phenoxy) is 3. The average Bonchev–Trinajstić information content (AvgIpc) is 3.15. The number of hydrogen-bond acceptors (Lipinski definition) is 13. The molecule has 0 spiro atoms. The SMILES string of the molecule is COC(=O)CN(CCN(NC(=O)CN(CCNC(=O)OC(C)(C)C)C(=O)Cn1cc(C)c(=O)[nH]c1=O)C(=O)OCc1ccccc1)C(=O)Cn1cc(C)c(=O)[nH]c1=O. The van der Waals surface area contributed by atoms with Gasteiger partial charge in [0.1, 0.15) is 38.4 Å². The van der Waals surface area contributed by atoms with E-state index >= 15 is 0 Å². The number of esters is 1. The van der Waals surface area contributed by atoms with E-state index in [1.807, 2.05) is 0 Å². The number of H-pyrrole nitrogens is 2. The molecule has 0 saturated heterocycles. The predicted molar refractivity (Wildman–Crippen MR) is 203 cm³/mol. The maximum Gasteiger partial charge on any atom is 0.429 e. The molecule has 5 amide bonds. The van der Waals surface area contributed by atoms with Crippen LogP contribution in [0.4, 0.5) is 9.59 Å². The molecule has 0 aliphatic carbocycles. The summed E-state index contributed by atoms with van der Waals surface area (Å²) in [5.41, 5.74) is -0.718. The van der Waals surface area contributed by atoms with Gasteiger partial charge in [0.05, 0.1) is 13.7 Å². The fraction of sp³-hybridized carbons (Fsp3) is 0.444. The fourth-order valence-electron chi connectivity index (χ4n) is 4.94. The number of nitrogens with one attached hydrogen (secondary N) is 4. The molecule has 4 N–H and O–H groups in total. The highest BCUT2D eigenvalue weighted by atomic mass is 16.6. The number of carbonyl (C=O) groups is 6. The van der Waals surface area contributed by atoms with Gasteiger partial charge in [0, 0.05) is 43.2 Å². The number of alkyl carbamates (subject to hydrolysis) is 1. The number of hydrogen-bond donors (Lipinski definition) is 4. The molecule has 22 nitrogen and oxygen atoms in total. The van der Waals surface area contributed by atoms with Crippen LogP contribution in [0, 0.1) is 13.8 Å². The Bertz CT molecular complexity index is 2200. The number of aromatic nitrogens is 4. The summed E-state index contributed by atoms with van der Waals surface area (Å²) in [6.45, 7) is 3.50. The summed E-state index contributed by atoms with van der Waals surface area (Å²) in [5, 5.41) is 3.17. The van der Waals surface area contributed by atoms with Crippen molar-refractivity contribution in [3.8, 4) is 0 Å². The van der Waals surface area contributed by atoms with Crippen molar-refractivity contribution < 1.29 is 43.0 Å². The molecule has 0 fully saturated rings. The van der Waals surface area contributed by atoms with Crippen LogP contribution in [0.2, 0.25) is 0 Å². The maximum absolute atomic E-state index is 13.6. The van der Waals surface area contributed by atoms with Gasteiger partial charge < -0.3 is 29.3 Å². The number of nitrogens with zero attached hydrogens (tertiary/aromatic N) is 5. The summed E-state index contributed by atoms with van der Waals surface area (Å²) < 4.78 is 17.2. The third kappa shape index (κ3) is 14.6. The van der Waals surface area contributed by atoms with Gasteiger partial charge in [-0.2, -0.15) is 0 Å². The van der Waals surface area contributed by atoms with Crippen molar-refractivity contribution in [1.82, 2.24) is 44.7 Å². The second kappa shape index (κ2) is 20.8. The first-order chi connectivity index (χ1) is 27.3. The van der Waals surface area contributed by atoms with Crippen molar-refractivity contribution in [2.45, 2.75) is 59.9 Å². The van der Waals surface area contributed by atoms with E-state index in [4.69, 9.17) is 14.2 Å². The molecule has 0 saturated carbocycles. The van der Waals surface area contributed by atoms with Gasteiger partial charge in [-0.3, -0.25) is 53.3 Å². The molecule has 3 aromatic rings. The Labute approximate surface area is 330 Å². The quantitative estimate of drug-likeness (QED) is 0.0747. The number of aromatic amines is 2. The minimum absolute atomic E-state index is 0.133. The molecule has 58 heavy (non-hydrogen) atoms. The van der Waals surface area contributed by atoms with E-state index in [0.717, 1.165) is 38.4 Å². The van der Waals surface area contributed by atoms with Gasteiger partial charge in [0.15, 0.2) is 0 Å². The fourth-order valence-corrected chi connectivity index (χ4v) is 4.94. The first kappa shape index (κ1) is 45.4. The van der Waals surface area contributed by atoms with Crippen LogP contribution in [0.3, 0.4) is 0 Å². The smallest absolute Gasteiger partial charge is 0.429 e. The molecular formula is C36H47N9O13. The Balaban J connectivity index is 1.87. The van der Waals surface area contributed by atoms with Gasteiger partial charge in [-0.1, -0.05) is 30.3 Å². The first-order valence-electron chi connectivity index (χ1n) is 17.7.